The number of hydrogen-bond donors (Lipinski definition) is 3. The molecule has 0 aliphatic carbocycles. The number of carbonyl (C=O) groups is 2. The van der Waals surface area contributed by atoms with E-state index in [2.05, 4.69) is 5.32 Å². The van der Waals surface area contributed by atoms with Crippen LogP contribution in [0.2, 0.25) is 0 Å². The Kier molecular flexibility index (Phi) is 4.30. The van der Waals surface area contributed by atoms with Crippen molar-refractivity contribution in [3.05, 3.63) is 16.5 Å². The summed E-state index contributed by atoms with van der Waals surface area (Å²) in [6, 6.07) is 0. The lowest BCUT2D eigenvalue weighted by atomic mass is 10.1. The molecule has 0 saturated heterocycles. The number of aliphatic carboxylic acids is 1. The first kappa shape index (κ1) is 12.5. The Balaban J connectivity index is 2.88. The summed E-state index contributed by atoms with van der Waals surface area (Å²) >= 11 is 1.19. The van der Waals surface area contributed by atoms with Crippen molar-refractivity contribution < 1.29 is 14.7 Å². The van der Waals surface area contributed by atoms with E-state index < -0.39 is 5.97 Å². The Hall–Kier alpha value is -1.56. The predicted molar refractivity (Wildman–Crippen MR) is 62.7 cm³/mol. The predicted octanol–water partition coefficient (Wildman–Crippen LogP) is 1.10. The van der Waals surface area contributed by atoms with Crippen LogP contribution in [-0.2, 0) is 11.2 Å². The van der Waals surface area contributed by atoms with Crippen LogP contribution in [0.1, 0.15) is 29.3 Å². The fourth-order valence-electron chi connectivity index (χ4n) is 1.29. The summed E-state index contributed by atoms with van der Waals surface area (Å²) in [7, 11) is 0. The SMILES string of the molecule is CCCNC(=O)c1c(CC(=O)O)csc1N. The first-order valence-corrected chi connectivity index (χ1v) is 5.80. The zero-order valence-electron chi connectivity index (χ0n) is 8.95. The van der Waals surface area contributed by atoms with Crippen molar-refractivity contribution in [1.29, 1.82) is 0 Å². The van der Waals surface area contributed by atoms with Gasteiger partial charge in [0.15, 0.2) is 0 Å². The van der Waals surface area contributed by atoms with Crippen molar-refractivity contribution in [3.63, 3.8) is 0 Å². The number of hydrogen-bond acceptors (Lipinski definition) is 4. The highest BCUT2D eigenvalue weighted by Crippen LogP contribution is 2.25. The number of carboxylic acids is 1. The minimum Gasteiger partial charge on any atom is -0.481 e. The molecular formula is C10H14N2O3S. The summed E-state index contributed by atoms with van der Waals surface area (Å²) in [6.45, 7) is 2.50. The molecule has 6 heteroatoms. The topological polar surface area (TPSA) is 92.4 Å². The molecule has 0 fully saturated rings. The molecule has 0 unspecified atom stereocenters. The Morgan fingerprint density at radius 3 is 2.81 bits per heavy atom. The molecule has 0 atom stereocenters. The van der Waals surface area contributed by atoms with Gasteiger partial charge < -0.3 is 16.2 Å². The van der Waals surface area contributed by atoms with E-state index in [1.54, 1.807) is 5.38 Å². The van der Waals surface area contributed by atoms with E-state index in [9.17, 15) is 9.59 Å². The molecule has 5 nitrogen and oxygen atoms in total. The quantitative estimate of drug-likeness (QED) is 0.720. The number of anilines is 1. The van der Waals surface area contributed by atoms with E-state index >= 15 is 0 Å². The molecule has 0 spiro atoms. The smallest absolute Gasteiger partial charge is 0.307 e. The van der Waals surface area contributed by atoms with Crippen LogP contribution in [0, 0.1) is 0 Å². The van der Waals surface area contributed by atoms with Crippen LogP contribution in [0.15, 0.2) is 5.38 Å². The summed E-state index contributed by atoms with van der Waals surface area (Å²) in [5.74, 6) is -1.26. The van der Waals surface area contributed by atoms with E-state index in [4.69, 9.17) is 10.8 Å². The van der Waals surface area contributed by atoms with Crippen molar-refractivity contribution >= 4 is 28.2 Å². The third-order valence-corrected chi connectivity index (χ3v) is 2.86. The third kappa shape index (κ3) is 2.96. The second-order valence-electron chi connectivity index (χ2n) is 3.33. The average Bonchev–Trinajstić information content (AvgIpc) is 2.55. The third-order valence-electron chi connectivity index (χ3n) is 2.00. The van der Waals surface area contributed by atoms with Gasteiger partial charge in [-0.1, -0.05) is 6.92 Å². The lowest BCUT2D eigenvalue weighted by Gasteiger charge is -2.05. The highest BCUT2D eigenvalue weighted by molar-refractivity contribution is 7.14. The van der Waals surface area contributed by atoms with Crippen LogP contribution in [0.3, 0.4) is 0 Å². The number of nitrogens with one attached hydrogen (secondary N) is 1. The summed E-state index contributed by atoms with van der Waals surface area (Å²) in [5.41, 5.74) is 6.44. The minimum atomic E-state index is -0.970. The van der Waals surface area contributed by atoms with Gasteiger partial charge in [-0.25, -0.2) is 0 Å². The van der Waals surface area contributed by atoms with E-state index in [1.807, 2.05) is 6.92 Å². The van der Waals surface area contributed by atoms with Gasteiger partial charge >= 0.3 is 5.97 Å². The first-order chi connectivity index (χ1) is 7.56. The maximum Gasteiger partial charge on any atom is 0.307 e. The van der Waals surface area contributed by atoms with Gasteiger partial charge in [-0.3, -0.25) is 9.59 Å². The summed E-state index contributed by atoms with van der Waals surface area (Å²) in [5, 5.41) is 13.4. The summed E-state index contributed by atoms with van der Waals surface area (Å²) in [4.78, 5) is 22.3. The molecule has 0 bridgehead atoms. The number of carboxylic acid groups (broad SMARTS) is 1. The van der Waals surface area contributed by atoms with E-state index in [1.165, 1.54) is 11.3 Å². The second kappa shape index (κ2) is 5.50. The maximum absolute atomic E-state index is 11.7. The van der Waals surface area contributed by atoms with Crippen molar-refractivity contribution in [2.24, 2.45) is 0 Å². The number of carbonyl (C=O) groups excluding carboxylic acids is 1. The van der Waals surface area contributed by atoms with E-state index in [-0.39, 0.29) is 12.3 Å². The van der Waals surface area contributed by atoms with Crippen molar-refractivity contribution in [2.45, 2.75) is 19.8 Å². The molecule has 16 heavy (non-hydrogen) atoms. The molecule has 0 aromatic carbocycles. The monoisotopic (exact) mass is 242 g/mol. The van der Waals surface area contributed by atoms with Gasteiger partial charge in [-0.05, 0) is 17.4 Å². The molecule has 1 amide bonds. The van der Waals surface area contributed by atoms with Crippen LogP contribution in [-0.4, -0.2) is 23.5 Å². The Labute approximate surface area is 97.3 Å². The standard InChI is InChI=1S/C10H14N2O3S/c1-2-3-12-10(15)8-6(4-7(13)14)5-16-9(8)11/h5H,2-4,11H2,1H3,(H,12,15)(H,13,14). The zero-order chi connectivity index (χ0) is 12.1. The average molecular weight is 242 g/mol. The highest BCUT2D eigenvalue weighted by Gasteiger charge is 2.18. The van der Waals surface area contributed by atoms with E-state index in [0.29, 0.717) is 22.7 Å². The van der Waals surface area contributed by atoms with Crippen LogP contribution in [0.4, 0.5) is 5.00 Å². The number of amides is 1. The Morgan fingerprint density at radius 1 is 1.56 bits per heavy atom. The maximum atomic E-state index is 11.7. The number of nitrogens with two attached hydrogens (primary N) is 1. The second-order valence-corrected chi connectivity index (χ2v) is 4.24. The van der Waals surface area contributed by atoms with Crippen molar-refractivity contribution in [1.82, 2.24) is 5.32 Å². The molecule has 4 N–H and O–H groups in total. The van der Waals surface area contributed by atoms with Gasteiger partial charge in [0.2, 0.25) is 0 Å². The molecule has 0 aliphatic rings. The fraction of sp³-hybridized carbons (Fsp3) is 0.400. The largest absolute Gasteiger partial charge is 0.481 e. The summed E-state index contributed by atoms with van der Waals surface area (Å²) in [6.07, 6.45) is 0.645. The molecular weight excluding hydrogens is 228 g/mol. The number of thiophene rings is 1. The Bertz CT molecular complexity index is 401. The van der Waals surface area contributed by atoms with Crippen molar-refractivity contribution in [3.8, 4) is 0 Å². The normalized spacial score (nSPS) is 10.1. The first-order valence-electron chi connectivity index (χ1n) is 4.92. The van der Waals surface area contributed by atoms with Crippen LogP contribution >= 0.6 is 11.3 Å². The van der Waals surface area contributed by atoms with Gasteiger partial charge in [0, 0.05) is 6.54 Å². The minimum absolute atomic E-state index is 0.178. The molecule has 88 valence electrons. The van der Waals surface area contributed by atoms with Gasteiger partial charge in [0.25, 0.3) is 5.91 Å². The highest BCUT2D eigenvalue weighted by atomic mass is 32.1. The van der Waals surface area contributed by atoms with Crippen LogP contribution < -0.4 is 11.1 Å². The van der Waals surface area contributed by atoms with Crippen LogP contribution in [0.25, 0.3) is 0 Å². The van der Waals surface area contributed by atoms with Gasteiger partial charge in [-0.15, -0.1) is 11.3 Å². The molecule has 1 rings (SSSR count). The molecule has 0 saturated carbocycles. The van der Waals surface area contributed by atoms with Crippen LogP contribution in [0.5, 0.6) is 0 Å². The van der Waals surface area contributed by atoms with Gasteiger partial charge in [-0.2, -0.15) is 0 Å². The molecule has 1 aromatic rings. The lowest BCUT2D eigenvalue weighted by molar-refractivity contribution is -0.136. The molecule has 0 aliphatic heterocycles. The molecule has 1 heterocycles. The molecule has 1 aromatic heterocycles. The van der Waals surface area contributed by atoms with Gasteiger partial charge in [0.1, 0.15) is 0 Å². The van der Waals surface area contributed by atoms with Gasteiger partial charge in [0.05, 0.1) is 17.0 Å². The fourth-order valence-corrected chi connectivity index (χ4v) is 2.10. The number of rotatable bonds is 5. The Morgan fingerprint density at radius 2 is 2.25 bits per heavy atom. The van der Waals surface area contributed by atoms with E-state index in [0.717, 1.165) is 6.42 Å². The summed E-state index contributed by atoms with van der Waals surface area (Å²) < 4.78 is 0. The molecule has 0 radical (unpaired) electrons. The zero-order valence-corrected chi connectivity index (χ0v) is 9.76. The lowest BCUT2D eigenvalue weighted by Crippen LogP contribution is -2.25. The van der Waals surface area contributed by atoms with Crippen molar-refractivity contribution in [2.75, 3.05) is 12.3 Å². The number of nitrogen functional groups attached to an aromatic ring is 1.